The summed E-state index contributed by atoms with van der Waals surface area (Å²) in [6, 6.07) is 10.4. The molecule has 134 valence electrons. The van der Waals surface area contributed by atoms with Crippen LogP contribution in [-0.4, -0.2) is 25.2 Å². The molecule has 0 saturated heterocycles. The van der Waals surface area contributed by atoms with E-state index in [1.807, 2.05) is 26.1 Å². The van der Waals surface area contributed by atoms with Crippen LogP contribution in [-0.2, 0) is 4.79 Å². The minimum atomic E-state index is 0.0400. The molecule has 0 radical (unpaired) electrons. The highest BCUT2D eigenvalue weighted by Crippen LogP contribution is 2.40. The molecule has 2 aromatic rings. The van der Waals surface area contributed by atoms with E-state index in [0.717, 1.165) is 57.9 Å². The van der Waals surface area contributed by atoms with Crippen LogP contribution >= 0.6 is 0 Å². The number of aryl methyl sites for hydroxylation is 1. The van der Waals surface area contributed by atoms with Gasteiger partial charge in [-0.05, 0) is 43.0 Å². The van der Waals surface area contributed by atoms with Crippen molar-refractivity contribution in [3.63, 3.8) is 0 Å². The summed E-state index contributed by atoms with van der Waals surface area (Å²) in [5, 5.41) is 18.2. The number of hydrogen-bond donors (Lipinski definition) is 4. The van der Waals surface area contributed by atoms with Crippen molar-refractivity contribution < 1.29 is 4.79 Å². The first-order chi connectivity index (χ1) is 12.6. The number of rotatable bonds is 4. The first kappa shape index (κ1) is 16.6. The van der Waals surface area contributed by atoms with Gasteiger partial charge in [0.2, 0.25) is 5.91 Å². The smallest absolute Gasteiger partial charge is 0.226 e. The maximum atomic E-state index is 12.0. The number of carbonyl (C=O) groups is 1. The Morgan fingerprint density at radius 3 is 2.73 bits per heavy atom. The second-order valence-corrected chi connectivity index (χ2v) is 7.10. The molecule has 1 fully saturated rings. The molecule has 2 aliphatic rings. The molecule has 26 heavy (non-hydrogen) atoms. The van der Waals surface area contributed by atoms with Crippen LogP contribution in [0.25, 0.3) is 11.1 Å². The zero-order valence-corrected chi connectivity index (χ0v) is 15.2. The summed E-state index contributed by atoms with van der Waals surface area (Å²) in [5.41, 5.74) is 7.67. The fourth-order valence-electron chi connectivity index (χ4n) is 3.54. The van der Waals surface area contributed by atoms with Crippen LogP contribution in [0, 0.1) is 18.3 Å². The molecule has 1 aliphatic carbocycles. The van der Waals surface area contributed by atoms with Gasteiger partial charge in [-0.3, -0.25) is 4.79 Å². The van der Waals surface area contributed by atoms with Gasteiger partial charge in [0, 0.05) is 48.5 Å². The van der Waals surface area contributed by atoms with Crippen molar-refractivity contribution in [3.05, 3.63) is 41.5 Å². The van der Waals surface area contributed by atoms with Gasteiger partial charge in [-0.1, -0.05) is 18.2 Å². The number of nitrogens with one attached hydrogen (secondary N) is 4. The van der Waals surface area contributed by atoms with Gasteiger partial charge in [-0.25, -0.2) is 0 Å². The summed E-state index contributed by atoms with van der Waals surface area (Å²) in [7, 11) is 1.90. The highest BCUT2D eigenvalue weighted by Gasteiger charge is 2.29. The molecular formula is C21H24N4O. The van der Waals surface area contributed by atoms with Crippen molar-refractivity contribution in [2.24, 2.45) is 5.92 Å². The Labute approximate surface area is 153 Å². The van der Waals surface area contributed by atoms with Crippen molar-refractivity contribution in [3.8, 4) is 11.1 Å². The average Bonchev–Trinajstić information content (AvgIpc) is 3.49. The van der Waals surface area contributed by atoms with Gasteiger partial charge < -0.3 is 21.4 Å². The standard InChI is InChI=1S/C21H24N4O/c1-12-3-7-15(21-20(12)25-18(26)9-10-24-21)14-6-8-17(23-2)16(11-14)19(22)13-4-5-13/h3,6-8,11,13,22-24H,4-5,9-10H2,1-2H3,(H,25,26). The van der Waals surface area contributed by atoms with Crippen LogP contribution in [0.3, 0.4) is 0 Å². The summed E-state index contributed by atoms with van der Waals surface area (Å²) >= 11 is 0. The number of amides is 1. The van der Waals surface area contributed by atoms with Gasteiger partial charge in [0.15, 0.2) is 0 Å². The number of anilines is 3. The first-order valence-corrected chi connectivity index (χ1v) is 9.17. The molecule has 1 saturated carbocycles. The van der Waals surface area contributed by atoms with Crippen LogP contribution in [0.5, 0.6) is 0 Å². The third-order valence-electron chi connectivity index (χ3n) is 5.21. The van der Waals surface area contributed by atoms with Gasteiger partial charge in [0.05, 0.1) is 11.4 Å². The van der Waals surface area contributed by atoms with Gasteiger partial charge in [0.1, 0.15) is 0 Å². The Bertz CT molecular complexity index is 899. The summed E-state index contributed by atoms with van der Waals surface area (Å²) in [4.78, 5) is 12.0. The van der Waals surface area contributed by atoms with E-state index in [9.17, 15) is 4.79 Å². The third kappa shape index (κ3) is 2.94. The van der Waals surface area contributed by atoms with E-state index in [1.165, 1.54) is 0 Å². The molecule has 4 rings (SSSR count). The Balaban J connectivity index is 1.83. The zero-order chi connectivity index (χ0) is 18.3. The topological polar surface area (TPSA) is 77.0 Å². The molecule has 5 nitrogen and oxygen atoms in total. The highest BCUT2D eigenvalue weighted by atomic mass is 16.1. The molecule has 2 aromatic carbocycles. The fraction of sp³-hybridized carbons (Fsp3) is 0.333. The van der Waals surface area contributed by atoms with Crippen LogP contribution in [0.15, 0.2) is 30.3 Å². The Hall–Kier alpha value is -2.82. The summed E-state index contributed by atoms with van der Waals surface area (Å²) in [6.07, 6.45) is 2.68. The quantitative estimate of drug-likeness (QED) is 0.624. The molecule has 1 amide bonds. The van der Waals surface area contributed by atoms with Crippen molar-refractivity contribution in [2.75, 3.05) is 29.5 Å². The maximum Gasteiger partial charge on any atom is 0.226 e. The van der Waals surface area contributed by atoms with Crippen LogP contribution in [0.2, 0.25) is 0 Å². The predicted octanol–water partition coefficient (Wildman–Crippen LogP) is 4.24. The lowest BCUT2D eigenvalue weighted by Gasteiger charge is -2.18. The average molecular weight is 348 g/mol. The molecule has 0 atom stereocenters. The van der Waals surface area contributed by atoms with E-state index >= 15 is 0 Å². The molecule has 0 spiro atoms. The lowest BCUT2D eigenvalue weighted by Crippen LogP contribution is -2.11. The highest BCUT2D eigenvalue weighted by molar-refractivity contribution is 6.07. The summed E-state index contributed by atoms with van der Waals surface area (Å²) < 4.78 is 0. The van der Waals surface area contributed by atoms with E-state index in [2.05, 4.69) is 34.1 Å². The fourth-order valence-corrected chi connectivity index (χ4v) is 3.54. The van der Waals surface area contributed by atoms with Crippen molar-refractivity contribution in [2.45, 2.75) is 26.2 Å². The summed E-state index contributed by atoms with van der Waals surface area (Å²) in [5.74, 6) is 0.433. The first-order valence-electron chi connectivity index (χ1n) is 9.17. The van der Waals surface area contributed by atoms with Crippen LogP contribution < -0.4 is 16.0 Å². The van der Waals surface area contributed by atoms with E-state index in [-0.39, 0.29) is 5.91 Å². The van der Waals surface area contributed by atoms with Crippen LogP contribution in [0.1, 0.15) is 30.4 Å². The predicted molar refractivity (Wildman–Crippen MR) is 107 cm³/mol. The van der Waals surface area contributed by atoms with Crippen LogP contribution in [0.4, 0.5) is 17.1 Å². The number of fused-ring (bicyclic) bond motifs is 1. The number of hydrogen-bond acceptors (Lipinski definition) is 4. The molecule has 0 bridgehead atoms. The van der Waals surface area contributed by atoms with E-state index in [4.69, 9.17) is 5.41 Å². The molecular weight excluding hydrogens is 324 g/mol. The monoisotopic (exact) mass is 348 g/mol. The maximum absolute atomic E-state index is 12.0. The normalized spacial score (nSPS) is 16.2. The minimum absolute atomic E-state index is 0.0400. The lowest BCUT2D eigenvalue weighted by molar-refractivity contribution is -0.115. The van der Waals surface area contributed by atoms with Crippen molar-refractivity contribution in [1.29, 1.82) is 5.41 Å². The molecule has 0 aromatic heterocycles. The number of carbonyl (C=O) groups excluding carboxylic acids is 1. The zero-order valence-electron chi connectivity index (χ0n) is 15.2. The lowest BCUT2D eigenvalue weighted by atomic mass is 9.95. The molecule has 0 unspecified atom stereocenters. The number of benzene rings is 2. The van der Waals surface area contributed by atoms with E-state index in [0.29, 0.717) is 18.9 Å². The van der Waals surface area contributed by atoms with E-state index in [1.54, 1.807) is 0 Å². The van der Waals surface area contributed by atoms with Crippen molar-refractivity contribution in [1.82, 2.24) is 0 Å². The third-order valence-corrected chi connectivity index (χ3v) is 5.21. The van der Waals surface area contributed by atoms with Gasteiger partial charge in [0.25, 0.3) is 0 Å². The van der Waals surface area contributed by atoms with Gasteiger partial charge in [-0.15, -0.1) is 0 Å². The molecule has 5 heteroatoms. The molecule has 1 aliphatic heterocycles. The van der Waals surface area contributed by atoms with E-state index < -0.39 is 0 Å². The molecule has 1 heterocycles. The second kappa shape index (κ2) is 6.48. The molecule has 4 N–H and O–H groups in total. The largest absolute Gasteiger partial charge is 0.388 e. The Morgan fingerprint density at radius 1 is 1.19 bits per heavy atom. The van der Waals surface area contributed by atoms with Crippen molar-refractivity contribution >= 4 is 28.7 Å². The summed E-state index contributed by atoms with van der Waals surface area (Å²) in [6.45, 7) is 2.63. The Morgan fingerprint density at radius 2 is 2.00 bits per heavy atom. The second-order valence-electron chi connectivity index (χ2n) is 7.10. The SMILES string of the molecule is CNc1ccc(-c2ccc(C)c3c2NCCC(=O)N3)cc1C(=N)C1CC1. The van der Waals surface area contributed by atoms with Gasteiger partial charge >= 0.3 is 0 Å². The minimum Gasteiger partial charge on any atom is -0.388 e. The van der Waals surface area contributed by atoms with Gasteiger partial charge in [-0.2, -0.15) is 0 Å². The Kier molecular flexibility index (Phi) is 4.15.